The van der Waals surface area contributed by atoms with Gasteiger partial charge in [-0.3, -0.25) is 9.36 Å². The quantitative estimate of drug-likeness (QED) is 0.112. The van der Waals surface area contributed by atoms with Gasteiger partial charge in [-0.05, 0) is 92.6 Å². The molecule has 2 unspecified atom stereocenters. The molecule has 0 bridgehead atoms. The summed E-state index contributed by atoms with van der Waals surface area (Å²) in [6.45, 7) is 5.09. The van der Waals surface area contributed by atoms with Crippen LogP contribution in [0, 0.1) is 0 Å². The van der Waals surface area contributed by atoms with Gasteiger partial charge in [0.1, 0.15) is 40.8 Å². The Hall–Kier alpha value is -6.75. The van der Waals surface area contributed by atoms with Gasteiger partial charge >= 0.3 is 29.9 Å². The lowest BCUT2D eigenvalue weighted by atomic mass is 10.1. The molecule has 0 aliphatic carbocycles. The number of halogens is 4. The number of carboxylic acids is 1. The molecule has 0 saturated heterocycles. The van der Waals surface area contributed by atoms with Crippen LogP contribution >= 0.6 is 11.6 Å². The van der Waals surface area contributed by atoms with E-state index in [1.54, 1.807) is 49.4 Å². The van der Waals surface area contributed by atoms with E-state index in [1.807, 2.05) is 25.1 Å². The van der Waals surface area contributed by atoms with Gasteiger partial charge in [-0.15, -0.1) is 0 Å². The number of rotatable bonds is 13. The third-order valence-electron chi connectivity index (χ3n) is 8.50. The monoisotopic (exact) mass is 839 g/mol. The molecular weight excluding hydrogens is 803 g/mol. The Morgan fingerprint density at radius 1 is 0.881 bits per heavy atom. The fourth-order valence-corrected chi connectivity index (χ4v) is 5.46. The predicted molar refractivity (Wildman–Crippen MR) is 208 cm³/mol. The number of benzene rings is 4. The van der Waals surface area contributed by atoms with Crippen LogP contribution in [0.25, 0.3) is 16.8 Å². The van der Waals surface area contributed by atoms with Crippen molar-refractivity contribution in [1.29, 1.82) is 0 Å². The lowest BCUT2D eigenvalue weighted by Crippen LogP contribution is -2.40. The molecular formula is C41H37ClF3N3O11. The van der Waals surface area contributed by atoms with Crippen LogP contribution in [0.15, 0.2) is 105 Å². The molecule has 0 saturated carbocycles. The van der Waals surface area contributed by atoms with E-state index in [0.717, 1.165) is 19.0 Å². The van der Waals surface area contributed by atoms with E-state index < -0.39 is 47.3 Å². The van der Waals surface area contributed by atoms with E-state index in [4.69, 9.17) is 44.8 Å². The van der Waals surface area contributed by atoms with Crippen LogP contribution in [-0.2, 0) is 40.6 Å². The topological polar surface area (TPSA) is 171 Å². The smallest absolute Gasteiger partial charge is 0.431 e. The summed E-state index contributed by atoms with van der Waals surface area (Å²) in [5.74, 6) is 0.194. The second kappa shape index (κ2) is 18.7. The molecule has 6 aromatic rings. The van der Waals surface area contributed by atoms with E-state index in [-0.39, 0.29) is 18.4 Å². The number of carboxylic acid groups (broad SMARTS) is 1. The largest absolute Gasteiger partial charge is 0.489 e. The third kappa shape index (κ3) is 11.0. The van der Waals surface area contributed by atoms with Gasteiger partial charge in [-0.25, -0.2) is 19.0 Å². The number of hydrogen-bond donors (Lipinski definition) is 1. The normalized spacial score (nSPS) is 12.2. The maximum atomic E-state index is 13.1. The molecule has 14 nitrogen and oxygen atoms in total. The average molecular weight is 840 g/mol. The molecule has 2 atom stereocenters. The first kappa shape index (κ1) is 43.4. The van der Waals surface area contributed by atoms with E-state index in [2.05, 4.69) is 4.98 Å². The summed E-state index contributed by atoms with van der Waals surface area (Å²) in [5, 5.41) is 9.35. The standard InChI is InChI=1S/C25H25F3N2O6.C16H12ClNO5/c1-5-16-6-7-17(20(12-16)36-15(2)23(32)34-4)14-35-19-10-8-18(9-11-19)30-22(31)13-21(25(26,27)28)29(3)24(30)33;1-9(15(19)20)21-11-3-5-12(6-4-11)22-16-18-13-7-2-10(17)8-14(13)23-16/h6-13,15H,5,14H2,1-4H3;2-9H,1H3,(H,19,20). The van der Waals surface area contributed by atoms with Gasteiger partial charge in [-0.1, -0.05) is 30.7 Å². The second-order valence-corrected chi connectivity index (χ2v) is 13.1. The van der Waals surface area contributed by atoms with Crippen molar-refractivity contribution in [2.45, 2.75) is 52.2 Å². The number of alkyl halides is 3. The van der Waals surface area contributed by atoms with Crippen molar-refractivity contribution in [1.82, 2.24) is 14.1 Å². The molecule has 0 amide bonds. The van der Waals surface area contributed by atoms with Crippen LogP contribution < -0.4 is 30.2 Å². The Bertz CT molecular complexity index is 2550. The number of hydrogen-bond acceptors (Lipinski definition) is 11. The number of ether oxygens (including phenoxy) is 5. The highest BCUT2D eigenvalue weighted by Crippen LogP contribution is 2.30. The number of esters is 1. The maximum absolute atomic E-state index is 13.1. The molecule has 1 N–H and O–H groups in total. The number of aryl methyl sites for hydroxylation is 1. The predicted octanol–water partition coefficient (Wildman–Crippen LogP) is 7.76. The molecule has 2 aromatic heterocycles. The zero-order chi connectivity index (χ0) is 43.0. The van der Waals surface area contributed by atoms with E-state index >= 15 is 0 Å². The average Bonchev–Trinajstić information content (AvgIpc) is 3.60. The first-order valence-electron chi connectivity index (χ1n) is 17.7. The third-order valence-corrected chi connectivity index (χ3v) is 8.73. The number of aromatic nitrogens is 3. The molecule has 4 aromatic carbocycles. The van der Waals surface area contributed by atoms with Crippen molar-refractivity contribution < 1.29 is 56.0 Å². The van der Waals surface area contributed by atoms with Gasteiger partial charge in [-0.2, -0.15) is 18.2 Å². The van der Waals surface area contributed by atoms with E-state index in [0.29, 0.717) is 59.9 Å². The van der Waals surface area contributed by atoms with E-state index in [9.17, 15) is 32.3 Å². The summed E-state index contributed by atoms with van der Waals surface area (Å²) in [7, 11) is 2.22. The van der Waals surface area contributed by atoms with Crippen molar-refractivity contribution in [2.24, 2.45) is 7.05 Å². The van der Waals surface area contributed by atoms with Crippen LogP contribution in [0.3, 0.4) is 0 Å². The Balaban J connectivity index is 0.000000246. The van der Waals surface area contributed by atoms with Crippen LogP contribution in [0.5, 0.6) is 29.1 Å². The van der Waals surface area contributed by atoms with Gasteiger partial charge in [0.15, 0.2) is 17.8 Å². The van der Waals surface area contributed by atoms with E-state index in [1.165, 1.54) is 38.3 Å². The summed E-state index contributed by atoms with van der Waals surface area (Å²) < 4.78 is 72.7. The first-order valence-corrected chi connectivity index (χ1v) is 18.1. The minimum Gasteiger partial charge on any atom is -0.489 e. The van der Waals surface area contributed by atoms with Gasteiger partial charge in [0.25, 0.3) is 5.56 Å². The highest BCUT2D eigenvalue weighted by molar-refractivity contribution is 6.31. The lowest BCUT2D eigenvalue weighted by molar-refractivity contribution is -0.148. The highest BCUT2D eigenvalue weighted by Gasteiger charge is 2.35. The van der Waals surface area contributed by atoms with Crippen molar-refractivity contribution in [3.05, 3.63) is 134 Å². The van der Waals surface area contributed by atoms with Crippen LogP contribution in [0.2, 0.25) is 5.02 Å². The zero-order valence-electron chi connectivity index (χ0n) is 32.1. The molecule has 0 fully saturated rings. The number of nitrogens with zero attached hydrogens (tertiary/aromatic N) is 3. The molecule has 18 heteroatoms. The molecule has 0 radical (unpaired) electrons. The number of carbonyl (C=O) groups is 2. The second-order valence-electron chi connectivity index (χ2n) is 12.7. The molecule has 0 spiro atoms. The number of carbonyl (C=O) groups excluding carboxylic acids is 1. The fraction of sp³-hybridized carbons (Fsp3) is 0.244. The molecule has 0 aliphatic heterocycles. The van der Waals surface area contributed by atoms with Gasteiger partial charge in [0.05, 0.1) is 12.8 Å². The summed E-state index contributed by atoms with van der Waals surface area (Å²) in [6, 6.07) is 23.2. The van der Waals surface area contributed by atoms with Crippen LogP contribution in [-0.4, -0.2) is 50.5 Å². The molecule has 2 heterocycles. The van der Waals surface area contributed by atoms with Gasteiger partial charge < -0.3 is 33.2 Å². The summed E-state index contributed by atoms with van der Waals surface area (Å²) in [5.41, 5.74) is -0.633. The molecule has 6 rings (SSSR count). The van der Waals surface area contributed by atoms with Gasteiger partial charge in [0, 0.05) is 29.8 Å². The zero-order valence-corrected chi connectivity index (χ0v) is 32.9. The first-order chi connectivity index (χ1) is 28.0. The minimum absolute atomic E-state index is 0.0779. The number of aliphatic carboxylic acids is 1. The Morgan fingerprint density at radius 2 is 1.54 bits per heavy atom. The highest BCUT2D eigenvalue weighted by atomic mass is 35.5. The Kier molecular flexibility index (Phi) is 13.7. The lowest BCUT2D eigenvalue weighted by Gasteiger charge is -2.17. The van der Waals surface area contributed by atoms with Crippen molar-refractivity contribution >= 4 is 34.6 Å². The minimum atomic E-state index is -4.84. The molecule has 310 valence electrons. The maximum Gasteiger partial charge on any atom is 0.431 e. The Morgan fingerprint density at radius 3 is 2.17 bits per heavy atom. The summed E-state index contributed by atoms with van der Waals surface area (Å²) in [4.78, 5) is 51.4. The fourth-order valence-electron chi connectivity index (χ4n) is 5.30. The number of methoxy groups -OCH3 is 1. The van der Waals surface area contributed by atoms with Crippen LogP contribution in [0.1, 0.15) is 37.6 Å². The number of fused-ring (bicyclic) bond motifs is 1. The van der Waals surface area contributed by atoms with Crippen molar-refractivity contribution in [3.8, 4) is 34.8 Å². The molecule has 0 aliphatic rings. The molecule has 59 heavy (non-hydrogen) atoms. The van der Waals surface area contributed by atoms with Crippen molar-refractivity contribution in [2.75, 3.05) is 7.11 Å². The SMILES string of the molecule is CC(Oc1ccc(Oc2nc3ccc(Cl)cc3o2)cc1)C(=O)O.CCc1ccc(COc2ccc(-n3c(=O)cc(C(F)(F)F)n(C)c3=O)cc2)c(OC(C)C(=O)OC)c1. The van der Waals surface area contributed by atoms with Crippen LogP contribution in [0.4, 0.5) is 13.2 Å². The van der Waals surface area contributed by atoms with Gasteiger partial charge in [0.2, 0.25) is 0 Å². The van der Waals surface area contributed by atoms with Crippen molar-refractivity contribution in [3.63, 3.8) is 0 Å². The summed E-state index contributed by atoms with van der Waals surface area (Å²) in [6.07, 6.45) is -5.74. The number of oxazole rings is 1. The summed E-state index contributed by atoms with van der Waals surface area (Å²) >= 11 is 5.88. The Labute approximate surface area is 338 Å².